The van der Waals surface area contributed by atoms with E-state index in [9.17, 15) is 18.7 Å². The van der Waals surface area contributed by atoms with Crippen LogP contribution in [-0.2, 0) is 4.74 Å². The van der Waals surface area contributed by atoms with Crippen LogP contribution in [0, 0.1) is 11.6 Å². The first-order valence-corrected chi connectivity index (χ1v) is 7.30. The number of amides is 1. The summed E-state index contributed by atoms with van der Waals surface area (Å²) in [5.41, 5.74) is -0.168. The van der Waals surface area contributed by atoms with E-state index < -0.39 is 29.4 Å². The lowest BCUT2D eigenvalue weighted by Crippen LogP contribution is -2.42. The number of carbonyl (C=O) groups is 1. The fraction of sp³-hybridized carbons (Fsp3) is 0.562. The molecule has 1 aromatic carbocycles. The fourth-order valence-corrected chi connectivity index (χ4v) is 2.70. The smallest absolute Gasteiger partial charge is 0.411 e. The van der Waals surface area contributed by atoms with E-state index >= 15 is 0 Å². The van der Waals surface area contributed by atoms with E-state index in [1.54, 1.807) is 20.8 Å². The van der Waals surface area contributed by atoms with Crippen LogP contribution in [0.25, 0.3) is 0 Å². The zero-order valence-corrected chi connectivity index (χ0v) is 13.0. The second-order valence-electron chi connectivity index (χ2n) is 6.49. The molecule has 1 heterocycles. The Bertz CT molecular complexity index is 557. The molecule has 0 unspecified atom stereocenters. The Balaban J connectivity index is 2.29. The number of nitrogens with zero attached hydrogens (tertiary/aromatic N) is 1. The Morgan fingerprint density at radius 1 is 1.32 bits per heavy atom. The first-order chi connectivity index (χ1) is 10.2. The lowest BCUT2D eigenvalue weighted by atomic mass is 10.0. The Kier molecular flexibility index (Phi) is 4.70. The van der Waals surface area contributed by atoms with Gasteiger partial charge in [-0.1, -0.05) is 6.07 Å². The summed E-state index contributed by atoms with van der Waals surface area (Å²) >= 11 is 0. The van der Waals surface area contributed by atoms with Crippen LogP contribution in [0.1, 0.15) is 45.2 Å². The molecule has 0 aromatic heterocycles. The third kappa shape index (κ3) is 3.55. The lowest BCUT2D eigenvalue weighted by Gasteiger charge is -2.32. The van der Waals surface area contributed by atoms with Crippen molar-refractivity contribution < 1.29 is 23.4 Å². The van der Waals surface area contributed by atoms with Crippen LogP contribution >= 0.6 is 0 Å². The lowest BCUT2D eigenvalue weighted by molar-refractivity contribution is 0.00865. The predicted octanol–water partition coefficient (Wildman–Crippen LogP) is 3.40. The molecule has 1 aliphatic rings. The van der Waals surface area contributed by atoms with Crippen LogP contribution in [0.5, 0.6) is 0 Å². The molecular formula is C16H21F2NO3. The molecule has 0 spiro atoms. The van der Waals surface area contributed by atoms with Crippen molar-refractivity contribution in [1.82, 2.24) is 4.90 Å². The highest BCUT2D eigenvalue weighted by atomic mass is 19.2. The Hall–Kier alpha value is -1.69. The van der Waals surface area contributed by atoms with Crippen LogP contribution in [-0.4, -0.2) is 34.3 Å². The van der Waals surface area contributed by atoms with Gasteiger partial charge >= 0.3 is 6.09 Å². The van der Waals surface area contributed by atoms with E-state index in [2.05, 4.69) is 0 Å². The monoisotopic (exact) mass is 313 g/mol. The summed E-state index contributed by atoms with van der Waals surface area (Å²) in [7, 11) is 0. The number of aliphatic hydroxyl groups is 1. The van der Waals surface area contributed by atoms with Crippen molar-refractivity contribution in [3.63, 3.8) is 0 Å². The Labute approximate surface area is 128 Å². The van der Waals surface area contributed by atoms with E-state index in [1.165, 1.54) is 11.0 Å². The minimum atomic E-state index is -0.950. The molecule has 0 radical (unpaired) electrons. The number of benzene rings is 1. The minimum Gasteiger partial charge on any atom is -0.444 e. The van der Waals surface area contributed by atoms with Crippen LogP contribution in [0.3, 0.4) is 0 Å². The molecule has 0 aliphatic carbocycles. The largest absolute Gasteiger partial charge is 0.444 e. The van der Waals surface area contributed by atoms with E-state index in [1.807, 2.05) is 0 Å². The first-order valence-electron chi connectivity index (χ1n) is 7.30. The van der Waals surface area contributed by atoms with Gasteiger partial charge in [0, 0.05) is 0 Å². The molecule has 22 heavy (non-hydrogen) atoms. The summed E-state index contributed by atoms with van der Waals surface area (Å²) in [6.45, 7) is 5.06. The van der Waals surface area contributed by atoms with Gasteiger partial charge in [0.05, 0.1) is 18.7 Å². The van der Waals surface area contributed by atoms with Gasteiger partial charge in [-0.2, -0.15) is 0 Å². The maximum atomic E-state index is 13.5. The van der Waals surface area contributed by atoms with Crippen LogP contribution in [0.2, 0.25) is 0 Å². The van der Waals surface area contributed by atoms with E-state index in [0.717, 1.165) is 12.1 Å². The van der Waals surface area contributed by atoms with Gasteiger partial charge in [-0.3, -0.25) is 4.90 Å². The van der Waals surface area contributed by atoms with Gasteiger partial charge in [0.25, 0.3) is 0 Å². The number of hydrogen-bond acceptors (Lipinski definition) is 3. The quantitative estimate of drug-likeness (QED) is 0.910. The normalized spacial score (nSPS) is 22.0. The molecular weight excluding hydrogens is 292 g/mol. The number of likely N-dealkylation sites (tertiary alicyclic amines) is 1. The second kappa shape index (κ2) is 6.20. The molecule has 1 amide bonds. The zero-order valence-electron chi connectivity index (χ0n) is 13.0. The number of aliphatic hydroxyl groups excluding tert-OH is 1. The highest BCUT2D eigenvalue weighted by Crippen LogP contribution is 2.37. The van der Waals surface area contributed by atoms with Crippen molar-refractivity contribution in [1.29, 1.82) is 0 Å². The summed E-state index contributed by atoms with van der Waals surface area (Å²) in [6.07, 6.45) is 0.591. The zero-order chi connectivity index (χ0) is 16.5. The first kappa shape index (κ1) is 16.7. The molecule has 2 rings (SSSR count). The van der Waals surface area contributed by atoms with Gasteiger partial charge in [-0.15, -0.1) is 0 Å². The maximum absolute atomic E-state index is 13.5. The average Bonchev–Trinajstić information content (AvgIpc) is 2.84. The van der Waals surface area contributed by atoms with Crippen molar-refractivity contribution in [3.8, 4) is 0 Å². The average molecular weight is 313 g/mol. The SMILES string of the molecule is CC(C)(C)OC(=O)N1[C@H](CO)CC[C@@H]1c1ccc(F)c(F)c1. The van der Waals surface area contributed by atoms with Gasteiger partial charge in [0.1, 0.15) is 5.60 Å². The molecule has 2 atom stereocenters. The molecule has 1 N–H and O–H groups in total. The standard InChI is InChI=1S/C16H21F2NO3/c1-16(2,3)22-15(21)19-11(9-20)5-7-14(19)10-4-6-12(17)13(18)8-10/h4,6,8,11,14,20H,5,7,9H2,1-3H3/t11-,14+/m0/s1. The Morgan fingerprint density at radius 3 is 2.55 bits per heavy atom. The summed E-state index contributed by atoms with van der Waals surface area (Å²) in [4.78, 5) is 13.8. The number of hydrogen-bond donors (Lipinski definition) is 1. The number of halogens is 2. The molecule has 122 valence electrons. The molecule has 6 heteroatoms. The predicted molar refractivity (Wildman–Crippen MR) is 77.3 cm³/mol. The van der Waals surface area contributed by atoms with Crippen LogP contribution < -0.4 is 0 Å². The number of rotatable bonds is 2. The number of ether oxygens (including phenoxy) is 1. The Morgan fingerprint density at radius 2 is 2.00 bits per heavy atom. The molecule has 1 saturated heterocycles. The molecule has 0 saturated carbocycles. The maximum Gasteiger partial charge on any atom is 0.411 e. The van der Waals surface area contributed by atoms with Gasteiger partial charge in [0.15, 0.2) is 11.6 Å². The molecule has 0 bridgehead atoms. The van der Waals surface area contributed by atoms with Crippen molar-refractivity contribution in [2.45, 2.75) is 51.3 Å². The molecule has 1 fully saturated rings. The van der Waals surface area contributed by atoms with Crippen molar-refractivity contribution in [3.05, 3.63) is 35.4 Å². The van der Waals surface area contributed by atoms with Gasteiger partial charge in [0.2, 0.25) is 0 Å². The fourth-order valence-electron chi connectivity index (χ4n) is 2.70. The van der Waals surface area contributed by atoms with Gasteiger partial charge in [-0.25, -0.2) is 13.6 Å². The highest BCUT2D eigenvalue weighted by molar-refractivity contribution is 5.70. The molecule has 1 aromatic rings. The summed E-state index contributed by atoms with van der Waals surface area (Å²) < 4.78 is 31.9. The minimum absolute atomic E-state index is 0.195. The van der Waals surface area contributed by atoms with Gasteiger partial charge < -0.3 is 9.84 Å². The molecule has 4 nitrogen and oxygen atoms in total. The highest BCUT2D eigenvalue weighted by Gasteiger charge is 2.39. The summed E-state index contributed by atoms with van der Waals surface area (Å²) in [5.74, 6) is -1.88. The number of carbonyl (C=O) groups excluding carboxylic acids is 1. The second-order valence-corrected chi connectivity index (χ2v) is 6.49. The van der Waals surface area contributed by atoms with Crippen LogP contribution in [0.4, 0.5) is 13.6 Å². The summed E-state index contributed by atoms with van der Waals surface area (Å²) in [5, 5.41) is 9.46. The van der Waals surface area contributed by atoms with E-state index in [-0.39, 0.29) is 12.6 Å². The van der Waals surface area contributed by atoms with Crippen LogP contribution in [0.15, 0.2) is 18.2 Å². The summed E-state index contributed by atoms with van der Waals surface area (Å²) in [6, 6.07) is 2.79. The third-order valence-electron chi connectivity index (χ3n) is 3.65. The van der Waals surface area contributed by atoms with E-state index in [4.69, 9.17) is 4.74 Å². The third-order valence-corrected chi connectivity index (χ3v) is 3.65. The molecule has 1 aliphatic heterocycles. The van der Waals surface area contributed by atoms with Crippen molar-refractivity contribution in [2.75, 3.05) is 6.61 Å². The van der Waals surface area contributed by atoms with Gasteiger partial charge in [-0.05, 0) is 51.3 Å². The topological polar surface area (TPSA) is 49.8 Å². The van der Waals surface area contributed by atoms with Crippen molar-refractivity contribution in [2.24, 2.45) is 0 Å². The van der Waals surface area contributed by atoms with Crippen molar-refractivity contribution >= 4 is 6.09 Å². The van der Waals surface area contributed by atoms with E-state index in [0.29, 0.717) is 18.4 Å².